The summed E-state index contributed by atoms with van der Waals surface area (Å²) in [6, 6.07) is 16.5. The van der Waals surface area contributed by atoms with Crippen LogP contribution in [0.15, 0.2) is 59.0 Å². The number of rotatable bonds is 4. The fourth-order valence-corrected chi connectivity index (χ4v) is 3.53. The van der Waals surface area contributed by atoms with Crippen LogP contribution < -0.4 is 5.32 Å². The maximum atomic E-state index is 12.9. The molecule has 1 aliphatic carbocycles. The number of nitrogens with zero attached hydrogens (tertiary/aromatic N) is 1. The summed E-state index contributed by atoms with van der Waals surface area (Å²) in [5.41, 5.74) is 1.75. The minimum absolute atomic E-state index is 0.0672. The van der Waals surface area contributed by atoms with Gasteiger partial charge in [-0.2, -0.15) is 0 Å². The molecule has 0 spiro atoms. The van der Waals surface area contributed by atoms with E-state index in [9.17, 15) is 9.90 Å². The number of amides is 1. The van der Waals surface area contributed by atoms with Crippen molar-refractivity contribution in [1.29, 1.82) is 0 Å². The van der Waals surface area contributed by atoms with Crippen molar-refractivity contribution in [3.63, 3.8) is 0 Å². The van der Waals surface area contributed by atoms with Crippen molar-refractivity contribution in [3.8, 4) is 28.5 Å². The van der Waals surface area contributed by atoms with Crippen LogP contribution in [0, 0.1) is 0 Å². The molecular weight excluding hydrogens is 340 g/mol. The predicted octanol–water partition coefficient (Wildman–Crippen LogP) is 4.78. The summed E-state index contributed by atoms with van der Waals surface area (Å²) in [5, 5.41) is 13.2. The maximum absolute atomic E-state index is 12.9. The summed E-state index contributed by atoms with van der Waals surface area (Å²) < 4.78 is 5.86. The highest BCUT2D eigenvalue weighted by Gasteiger charge is 2.25. The quantitative estimate of drug-likeness (QED) is 0.700. The third-order valence-electron chi connectivity index (χ3n) is 4.96. The molecule has 0 atom stereocenters. The number of carbonyl (C=O) groups is 1. The summed E-state index contributed by atoms with van der Waals surface area (Å²) in [4.78, 5) is 17.5. The van der Waals surface area contributed by atoms with Gasteiger partial charge in [0.05, 0.1) is 5.56 Å². The van der Waals surface area contributed by atoms with Gasteiger partial charge in [0.15, 0.2) is 0 Å². The normalized spacial score (nSPS) is 14.8. The van der Waals surface area contributed by atoms with Crippen molar-refractivity contribution in [2.45, 2.75) is 38.1 Å². The first-order valence-corrected chi connectivity index (χ1v) is 9.38. The number of nitrogens with one attached hydrogen (secondary N) is 1. The van der Waals surface area contributed by atoms with Gasteiger partial charge in [-0.05, 0) is 25.0 Å². The van der Waals surface area contributed by atoms with E-state index < -0.39 is 0 Å². The van der Waals surface area contributed by atoms with Crippen LogP contribution in [0.2, 0.25) is 0 Å². The molecule has 2 N–H and O–H groups in total. The van der Waals surface area contributed by atoms with E-state index in [4.69, 9.17) is 4.42 Å². The molecule has 4 rings (SSSR count). The average molecular weight is 362 g/mol. The minimum atomic E-state index is -0.255. The summed E-state index contributed by atoms with van der Waals surface area (Å²) in [6.07, 6.45) is 5.48. The zero-order valence-corrected chi connectivity index (χ0v) is 15.0. The second-order valence-electron chi connectivity index (χ2n) is 6.89. The minimum Gasteiger partial charge on any atom is -0.507 e. The molecule has 0 radical (unpaired) electrons. The third-order valence-corrected chi connectivity index (χ3v) is 4.96. The molecule has 0 aliphatic heterocycles. The Morgan fingerprint density at radius 1 is 1.00 bits per heavy atom. The maximum Gasteiger partial charge on any atom is 0.289 e. The second kappa shape index (κ2) is 7.66. The van der Waals surface area contributed by atoms with Crippen LogP contribution in [0.5, 0.6) is 5.75 Å². The zero-order chi connectivity index (χ0) is 18.6. The van der Waals surface area contributed by atoms with E-state index in [1.165, 1.54) is 6.42 Å². The number of benzene rings is 2. The van der Waals surface area contributed by atoms with Gasteiger partial charge >= 0.3 is 0 Å². The summed E-state index contributed by atoms with van der Waals surface area (Å²) >= 11 is 0. The Balaban J connectivity index is 1.72. The van der Waals surface area contributed by atoms with E-state index in [-0.39, 0.29) is 29.3 Å². The molecule has 1 saturated carbocycles. The summed E-state index contributed by atoms with van der Waals surface area (Å²) in [7, 11) is 0. The smallest absolute Gasteiger partial charge is 0.289 e. The highest BCUT2D eigenvalue weighted by Crippen LogP contribution is 2.33. The van der Waals surface area contributed by atoms with Crippen LogP contribution in [-0.4, -0.2) is 22.0 Å². The number of hydrogen-bond donors (Lipinski definition) is 2. The molecule has 27 heavy (non-hydrogen) atoms. The van der Waals surface area contributed by atoms with Crippen LogP contribution in [0.1, 0.15) is 42.7 Å². The Morgan fingerprint density at radius 3 is 2.44 bits per heavy atom. The molecule has 1 aromatic heterocycles. The number of aromatic hydroxyl groups is 1. The summed E-state index contributed by atoms with van der Waals surface area (Å²) in [5.74, 6) is 0.235. The van der Waals surface area contributed by atoms with Crippen molar-refractivity contribution >= 4 is 5.91 Å². The van der Waals surface area contributed by atoms with Gasteiger partial charge in [0.2, 0.25) is 11.7 Å². The number of phenolic OH excluding ortho intramolecular Hbond substituents is 1. The lowest BCUT2D eigenvalue weighted by atomic mass is 9.95. The Bertz CT molecular complexity index is 928. The van der Waals surface area contributed by atoms with Crippen LogP contribution >= 0.6 is 0 Å². The van der Waals surface area contributed by atoms with Crippen LogP contribution in [0.4, 0.5) is 0 Å². The number of phenols is 1. The van der Waals surface area contributed by atoms with Gasteiger partial charge in [0.25, 0.3) is 5.91 Å². The zero-order valence-electron chi connectivity index (χ0n) is 15.0. The van der Waals surface area contributed by atoms with Crippen LogP contribution in [0.25, 0.3) is 22.7 Å². The lowest BCUT2D eigenvalue weighted by molar-refractivity contribution is 0.0901. The monoisotopic (exact) mass is 362 g/mol. The Kier molecular flexibility index (Phi) is 4.92. The van der Waals surface area contributed by atoms with E-state index in [0.29, 0.717) is 11.3 Å². The summed E-state index contributed by atoms with van der Waals surface area (Å²) in [6.45, 7) is 0. The van der Waals surface area contributed by atoms with Crippen LogP contribution in [-0.2, 0) is 0 Å². The van der Waals surface area contributed by atoms with Crippen molar-refractivity contribution in [3.05, 3.63) is 60.4 Å². The average Bonchev–Trinajstić information content (AvgIpc) is 3.15. The second-order valence-corrected chi connectivity index (χ2v) is 6.89. The molecule has 3 aromatic rings. The van der Waals surface area contributed by atoms with E-state index in [2.05, 4.69) is 10.3 Å². The van der Waals surface area contributed by atoms with Gasteiger partial charge in [0.1, 0.15) is 11.4 Å². The van der Waals surface area contributed by atoms with Crippen molar-refractivity contribution in [2.75, 3.05) is 0 Å². The topological polar surface area (TPSA) is 75.4 Å². The SMILES string of the molecule is O=C(NC1CCCCC1)c1oc(-c2ccccc2O)nc1-c1ccccc1. The van der Waals surface area contributed by atoms with Gasteiger partial charge < -0.3 is 14.8 Å². The van der Waals surface area contributed by atoms with E-state index in [0.717, 1.165) is 31.2 Å². The number of para-hydroxylation sites is 1. The van der Waals surface area contributed by atoms with E-state index in [1.54, 1.807) is 24.3 Å². The van der Waals surface area contributed by atoms with Crippen LogP contribution in [0.3, 0.4) is 0 Å². The molecule has 0 unspecified atom stereocenters. The molecular formula is C22H22N2O3. The van der Waals surface area contributed by atoms with Crippen molar-refractivity contribution in [1.82, 2.24) is 10.3 Å². The van der Waals surface area contributed by atoms with Crippen molar-refractivity contribution < 1.29 is 14.3 Å². The Hall–Kier alpha value is -3.08. The Labute approximate surface area is 158 Å². The first-order valence-electron chi connectivity index (χ1n) is 9.38. The molecule has 1 fully saturated rings. The molecule has 0 bridgehead atoms. The van der Waals surface area contributed by atoms with Gasteiger partial charge in [-0.15, -0.1) is 0 Å². The number of hydrogen-bond acceptors (Lipinski definition) is 4. The van der Waals surface area contributed by atoms with E-state index in [1.807, 2.05) is 30.3 Å². The molecule has 5 nitrogen and oxygen atoms in total. The third kappa shape index (κ3) is 3.72. The molecule has 1 amide bonds. The van der Waals surface area contributed by atoms with Gasteiger partial charge in [-0.1, -0.05) is 61.7 Å². The highest BCUT2D eigenvalue weighted by atomic mass is 16.4. The Morgan fingerprint density at radius 2 is 1.70 bits per heavy atom. The molecule has 138 valence electrons. The molecule has 5 heteroatoms. The number of oxazole rings is 1. The first-order chi connectivity index (χ1) is 13.2. The fraction of sp³-hybridized carbons (Fsp3) is 0.273. The largest absolute Gasteiger partial charge is 0.507 e. The number of carbonyl (C=O) groups excluding carboxylic acids is 1. The molecule has 1 aliphatic rings. The van der Waals surface area contributed by atoms with Gasteiger partial charge in [-0.3, -0.25) is 4.79 Å². The van der Waals surface area contributed by atoms with Crippen molar-refractivity contribution in [2.24, 2.45) is 0 Å². The van der Waals surface area contributed by atoms with Gasteiger partial charge in [-0.25, -0.2) is 4.98 Å². The lowest BCUT2D eigenvalue weighted by Gasteiger charge is -2.22. The fourth-order valence-electron chi connectivity index (χ4n) is 3.53. The molecule has 2 aromatic carbocycles. The number of aromatic nitrogens is 1. The molecule has 1 heterocycles. The first kappa shape index (κ1) is 17.3. The standard InChI is InChI=1S/C22H22N2O3/c25-18-14-8-7-13-17(18)22-24-19(15-9-3-1-4-10-15)20(27-22)21(26)23-16-11-5-2-6-12-16/h1,3-4,7-10,13-14,16,25H,2,5-6,11-12H2,(H,23,26). The highest BCUT2D eigenvalue weighted by molar-refractivity contribution is 5.98. The molecule has 0 saturated heterocycles. The lowest BCUT2D eigenvalue weighted by Crippen LogP contribution is -2.36. The van der Waals surface area contributed by atoms with Gasteiger partial charge in [0, 0.05) is 11.6 Å². The van der Waals surface area contributed by atoms with E-state index >= 15 is 0 Å². The predicted molar refractivity (Wildman–Crippen MR) is 103 cm³/mol.